The van der Waals surface area contributed by atoms with Gasteiger partial charge >= 0.3 is 6.03 Å². The normalized spacial score (nSPS) is 14.4. The molecule has 0 aliphatic carbocycles. The highest BCUT2D eigenvalue weighted by Gasteiger charge is 2.37. The van der Waals surface area contributed by atoms with Crippen molar-refractivity contribution in [2.75, 3.05) is 23.9 Å². The van der Waals surface area contributed by atoms with Crippen molar-refractivity contribution in [2.24, 2.45) is 0 Å². The van der Waals surface area contributed by atoms with Gasteiger partial charge in [0.2, 0.25) is 0 Å². The summed E-state index contributed by atoms with van der Waals surface area (Å²) in [7, 11) is 1.55. The van der Waals surface area contributed by atoms with Gasteiger partial charge in [-0.2, -0.15) is 0 Å². The third-order valence-corrected chi connectivity index (χ3v) is 5.66. The molecule has 0 saturated carbocycles. The molecule has 0 bridgehead atoms. The fourth-order valence-electron chi connectivity index (χ4n) is 3.58. The highest BCUT2D eigenvalue weighted by atomic mass is 35.5. The molecule has 1 fully saturated rings. The summed E-state index contributed by atoms with van der Waals surface area (Å²) in [6.45, 7) is 1.46. The van der Waals surface area contributed by atoms with E-state index in [1.807, 2.05) is 0 Å². The number of nitrogens with zero attached hydrogens (tertiary/aromatic N) is 1. The summed E-state index contributed by atoms with van der Waals surface area (Å²) >= 11 is 6.05. The predicted molar refractivity (Wildman–Crippen MR) is 139 cm³/mol. The predicted octanol–water partition coefficient (Wildman–Crippen LogP) is 4.34. The van der Waals surface area contributed by atoms with Crippen molar-refractivity contribution in [1.29, 1.82) is 0 Å². The SMILES string of the molecule is COc1ccc(NC(=O)COc2cccc(/C=C3\C(=O)NC(=O)N(c4cc(Cl)ccc4C)C3=O)c2)cc1. The van der Waals surface area contributed by atoms with Gasteiger partial charge in [-0.3, -0.25) is 19.7 Å². The lowest BCUT2D eigenvalue weighted by atomic mass is 10.1. The van der Waals surface area contributed by atoms with E-state index in [0.29, 0.717) is 33.3 Å². The van der Waals surface area contributed by atoms with Crippen LogP contribution in [0.25, 0.3) is 6.08 Å². The number of aryl methyl sites for hydroxylation is 1. The van der Waals surface area contributed by atoms with E-state index in [4.69, 9.17) is 21.1 Å². The summed E-state index contributed by atoms with van der Waals surface area (Å²) in [6.07, 6.45) is 1.35. The first-order valence-electron chi connectivity index (χ1n) is 11.1. The third-order valence-electron chi connectivity index (χ3n) is 5.43. The Morgan fingerprint density at radius 1 is 1.03 bits per heavy atom. The average molecular weight is 520 g/mol. The lowest BCUT2D eigenvalue weighted by molar-refractivity contribution is -0.122. The highest BCUT2D eigenvalue weighted by Crippen LogP contribution is 2.28. The maximum atomic E-state index is 13.2. The van der Waals surface area contributed by atoms with Crippen molar-refractivity contribution in [3.05, 3.63) is 88.5 Å². The molecule has 1 aliphatic heterocycles. The number of carbonyl (C=O) groups excluding carboxylic acids is 4. The van der Waals surface area contributed by atoms with Gasteiger partial charge in [-0.05, 0) is 72.7 Å². The number of hydrogen-bond donors (Lipinski definition) is 2. The second kappa shape index (κ2) is 11.0. The Kier molecular flexibility index (Phi) is 7.55. The largest absolute Gasteiger partial charge is 0.497 e. The van der Waals surface area contributed by atoms with Crippen molar-refractivity contribution in [3.8, 4) is 11.5 Å². The van der Waals surface area contributed by atoms with Crippen LogP contribution in [0.15, 0.2) is 72.3 Å². The van der Waals surface area contributed by atoms with E-state index in [-0.39, 0.29) is 23.8 Å². The van der Waals surface area contributed by atoms with Crippen molar-refractivity contribution >= 4 is 52.8 Å². The Labute approximate surface area is 217 Å². The number of urea groups is 1. The Balaban J connectivity index is 1.48. The second-order valence-corrected chi connectivity index (χ2v) is 8.46. The summed E-state index contributed by atoms with van der Waals surface area (Å²) < 4.78 is 10.7. The zero-order valence-electron chi connectivity index (χ0n) is 19.9. The van der Waals surface area contributed by atoms with E-state index >= 15 is 0 Å². The molecular weight excluding hydrogens is 498 g/mol. The van der Waals surface area contributed by atoms with Gasteiger partial charge in [0, 0.05) is 10.7 Å². The molecule has 1 saturated heterocycles. The first-order chi connectivity index (χ1) is 17.7. The molecule has 0 radical (unpaired) electrons. The van der Waals surface area contributed by atoms with E-state index in [1.165, 1.54) is 12.1 Å². The topological polar surface area (TPSA) is 114 Å². The Bertz CT molecular complexity index is 1420. The Morgan fingerprint density at radius 3 is 2.51 bits per heavy atom. The Hall–Kier alpha value is -4.63. The maximum Gasteiger partial charge on any atom is 0.335 e. The first kappa shape index (κ1) is 25.5. The summed E-state index contributed by atoms with van der Waals surface area (Å²) in [5, 5.41) is 5.23. The van der Waals surface area contributed by atoms with Gasteiger partial charge in [0.1, 0.15) is 17.1 Å². The molecule has 4 rings (SSSR count). The fourth-order valence-corrected chi connectivity index (χ4v) is 3.75. The number of amides is 5. The Morgan fingerprint density at radius 2 is 1.78 bits per heavy atom. The average Bonchev–Trinajstić information content (AvgIpc) is 2.88. The van der Waals surface area contributed by atoms with Crippen LogP contribution in [0, 0.1) is 6.92 Å². The zero-order chi connectivity index (χ0) is 26.5. The van der Waals surface area contributed by atoms with Crippen molar-refractivity contribution in [3.63, 3.8) is 0 Å². The summed E-state index contributed by atoms with van der Waals surface area (Å²) in [4.78, 5) is 51.3. The van der Waals surface area contributed by atoms with Crippen molar-refractivity contribution < 1.29 is 28.7 Å². The zero-order valence-corrected chi connectivity index (χ0v) is 20.7. The number of hydrogen-bond acceptors (Lipinski definition) is 6. The van der Waals surface area contributed by atoms with Crippen LogP contribution in [-0.4, -0.2) is 37.5 Å². The quantitative estimate of drug-likeness (QED) is 0.354. The molecule has 2 N–H and O–H groups in total. The summed E-state index contributed by atoms with van der Waals surface area (Å²) in [5.74, 6) is -0.968. The van der Waals surface area contributed by atoms with Gasteiger partial charge in [-0.25, -0.2) is 9.69 Å². The van der Waals surface area contributed by atoms with E-state index in [2.05, 4.69) is 10.6 Å². The van der Waals surface area contributed by atoms with Crippen LogP contribution in [0.1, 0.15) is 11.1 Å². The van der Waals surface area contributed by atoms with Crippen LogP contribution in [0.4, 0.5) is 16.2 Å². The van der Waals surface area contributed by atoms with Crippen LogP contribution in [-0.2, 0) is 14.4 Å². The molecule has 0 spiro atoms. The van der Waals surface area contributed by atoms with Gasteiger partial charge in [-0.15, -0.1) is 0 Å². The van der Waals surface area contributed by atoms with Crippen molar-refractivity contribution in [1.82, 2.24) is 5.32 Å². The number of halogens is 1. The second-order valence-electron chi connectivity index (χ2n) is 8.03. The van der Waals surface area contributed by atoms with Gasteiger partial charge in [-0.1, -0.05) is 29.8 Å². The fraction of sp³-hybridized carbons (Fsp3) is 0.111. The minimum absolute atomic E-state index is 0.242. The lowest BCUT2D eigenvalue weighted by Crippen LogP contribution is -2.54. The smallest absolute Gasteiger partial charge is 0.335 e. The number of anilines is 2. The molecule has 10 heteroatoms. The number of barbiturate groups is 1. The summed E-state index contributed by atoms with van der Waals surface area (Å²) in [5.41, 5.74) is 1.71. The molecule has 3 aromatic carbocycles. The number of carbonyl (C=O) groups is 4. The van der Waals surface area contributed by atoms with E-state index in [0.717, 1.165) is 4.90 Å². The van der Waals surface area contributed by atoms with Gasteiger partial charge < -0.3 is 14.8 Å². The number of imide groups is 2. The van der Waals surface area contributed by atoms with Crippen LogP contribution in [0.5, 0.6) is 11.5 Å². The standard InChI is InChI=1S/C27H22ClN3O6/c1-16-6-7-18(28)14-23(16)31-26(34)22(25(33)30-27(31)35)13-17-4-3-5-21(12-17)37-15-24(32)29-19-8-10-20(36-2)11-9-19/h3-14H,15H2,1-2H3,(H,29,32)(H,30,33,35)/b22-13+. The minimum Gasteiger partial charge on any atom is -0.497 e. The van der Waals surface area contributed by atoms with Gasteiger partial charge in [0.15, 0.2) is 6.61 Å². The molecule has 5 amide bonds. The van der Waals surface area contributed by atoms with Crippen LogP contribution in [0.3, 0.4) is 0 Å². The molecule has 3 aromatic rings. The summed E-state index contributed by atoms with van der Waals surface area (Å²) in [6, 6.07) is 17.3. The van der Waals surface area contributed by atoms with Gasteiger partial charge in [0.05, 0.1) is 12.8 Å². The molecule has 1 aliphatic rings. The number of ether oxygens (including phenoxy) is 2. The number of benzene rings is 3. The molecule has 0 atom stereocenters. The molecular formula is C27H22ClN3O6. The molecule has 188 valence electrons. The monoisotopic (exact) mass is 519 g/mol. The lowest BCUT2D eigenvalue weighted by Gasteiger charge is -2.27. The van der Waals surface area contributed by atoms with Crippen LogP contribution in [0.2, 0.25) is 5.02 Å². The van der Waals surface area contributed by atoms with E-state index < -0.39 is 17.8 Å². The number of rotatable bonds is 7. The molecule has 1 heterocycles. The van der Waals surface area contributed by atoms with Crippen molar-refractivity contribution in [2.45, 2.75) is 6.92 Å². The first-order valence-corrected chi connectivity index (χ1v) is 11.5. The van der Waals surface area contributed by atoms with E-state index in [9.17, 15) is 19.2 Å². The molecule has 9 nitrogen and oxygen atoms in total. The maximum absolute atomic E-state index is 13.2. The number of nitrogens with one attached hydrogen (secondary N) is 2. The van der Waals surface area contributed by atoms with Crippen LogP contribution >= 0.6 is 11.6 Å². The van der Waals surface area contributed by atoms with E-state index in [1.54, 1.807) is 74.7 Å². The van der Waals surface area contributed by atoms with Gasteiger partial charge in [0.25, 0.3) is 17.7 Å². The third kappa shape index (κ3) is 5.96. The number of methoxy groups -OCH3 is 1. The van der Waals surface area contributed by atoms with Crippen LogP contribution < -0.4 is 25.0 Å². The molecule has 0 aromatic heterocycles. The molecule has 0 unspecified atom stereocenters. The molecule has 37 heavy (non-hydrogen) atoms. The minimum atomic E-state index is -0.863. The highest BCUT2D eigenvalue weighted by molar-refractivity contribution is 6.39.